The Balaban J connectivity index is 1.58. The molecule has 112 valence electrons. The molecule has 1 heterocycles. The molecule has 0 aromatic rings. The summed E-state index contributed by atoms with van der Waals surface area (Å²) in [6.07, 6.45) is 4.58. The zero-order chi connectivity index (χ0) is 14.2. The minimum Gasteiger partial charge on any atom is -0.322 e. The molecule has 3 nitrogen and oxygen atoms in total. The van der Waals surface area contributed by atoms with Gasteiger partial charge in [0.2, 0.25) is 5.91 Å². The molecule has 4 fully saturated rings. The fourth-order valence-electron chi connectivity index (χ4n) is 5.61. The Morgan fingerprint density at radius 3 is 2.15 bits per heavy atom. The highest BCUT2D eigenvalue weighted by Crippen LogP contribution is 2.67. The number of nitrogens with zero attached hydrogens (tertiary/aromatic N) is 1. The second-order valence-corrected chi connectivity index (χ2v) is 8.30. The highest BCUT2D eigenvalue weighted by molar-refractivity contribution is 5.85. The molecule has 4 aliphatic rings. The molecule has 3 saturated carbocycles. The lowest BCUT2D eigenvalue weighted by molar-refractivity contribution is -0.132. The number of rotatable bonds is 3. The zero-order valence-corrected chi connectivity index (χ0v) is 13.2. The van der Waals surface area contributed by atoms with Crippen molar-refractivity contribution in [1.82, 2.24) is 10.2 Å². The number of fused-ring (bicyclic) bond motifs is 5. The van der Waals surface area contributed by atoms with E-state index in [4.69, 9.17) is 0 Å². The first-order valence-electron chi connectivity index (χ1n) is 8.59. The molecular formula is C17H28N2O. The number of carbonyl (C=O) groups excluding carboxylic acids is 1. The summed E-state index contributed by atoms with van der Waals surface area (Å²) in [5, 5.41) is 3.63. The van der Waals surface area contributed by atoms with Crippen LogP contribution in [0.1, 0.15) is 47.0 Å². The van der Waals surface area contributed by atoms with Crippen molar-refractivity contribution in [2.24, 2.45) is 35.5 Å². The Morgan fingerprint density at radius 2 is 1.65 bits per heavy atom. The Labute approximate surface area is 122 Å². The predicted octanol–water partition coefficient (Wildman–Crippen LogP) is 2.47. The maximum absolute atomic E-state index is 12.9. The average Bonchev–Trinajstić information content (AvgIpc) is 2.76. The number of hydrogen-bond donors (Lipinski definition) is 1. The second-order valence-electron chi connectivity index (χ2n) is 8.30. The molecule has 2 bridgehead atoms. The van der Waals surface area contributed by atoms with Gasteiger partial charge in [0.05, 0.1) is 12.2 Å². The van der Waals surface area contributed by atoms with E-state index in [1.54, 1.807) is 0 Å². The van der Waals surface area contributed by atoms with Crippen molar-refractivity contribution in [3.05, 3.63) is 0 Å². The first-order chi connectivity index (χ1) is 9.50. The summed E-state index contributed by atoms with van der Waals surface area (Å²) in [5.41, 5.74) is 0. The molecule has 1 N–H and O–H groups in total. The molecule has 1 amide bonds. The molecule has 3 heteroatoms. The van der Waals surface area contributed by atoms with E-state index in [0.29, 0.717) is 23.8 Å². The molecule has 20 heavy (non-hydrogen) atoms. The van der Waals surface area contributed by atoms with E-state index < -0.39 is 0 Å². The third-order valence-electron chi connectivity index (χ3n) is 6.48. The van der Waals surface area contributed by atoms with Crippen LogP contribution in [-0.2, 0) is 4.79 Å². The lowest BCUT2D eigenvalue weighted by Crippen LogP contribution is -2.44. The first-order valence-corrected chi connectivity index (χ1v) is 8.59. The van der Waals surface area contributed by atoms with E-state index in [0.717, 1.165) is 23.7 Å². The Bertz CT molecular complexity index is 417. The third-order valence-corrected chi connectivity index (χ3v) is 6.48. The summed E-state index contributed by atoms with van der Waals surface area (Å²) in [4.78, 5) is 15.2. The first kappa shape index (κ1) is 13.1. The van der Waals surface area contributed by atoms with Crippen LogP contribution in [0.15, 0.2) is 0 Å². The van der Waals surface area contributed by atoms with E-state index in [2.05, 4.69) is 37.9 Å². The average molecular weight is 276 g/mol. The van der Waals surface area contributed by atoms with Crippen molar-refractivity contribution < 1.29 is 4.79 Å². The van der Waals surface area contributed by atoms with Crippen molar-refractivity contribution in [2.75, 3.05) is 0 Å². The van der Waals surface area contributed by atoms with Crippen molar-refractivity contribution in [1.29, 1.82) is 0 Å². The summed E-state index contributed by atoms with van der Waals surface area (Å²) < 4.78 is 0. The van der Waals surface area contributed by atoms with Crippen LogP contribution in [0, 0.1) is 35.5 Å². The largest absolute Gasteiger partial charge is 0.322 e. The fourth-order valence-corrected chi connectivity index (χ4v) is 5.61. The van der Waals surface area contributed by atoms with Crippen molar-refractivity contribution in [2.45, 2.75) is 65.2 Å². The van der Waals surface area contributed by atoms with Crippen molar-refractivity contribution in [3.63, 3.8) is 0 Å². The van der Waals surface area contributed by atoms with Crippen LogP contribution in [0.3, 0.4) is 0 Å². The van der Waals surface area contributed by atoms with Crippen LogP contribution >= 0.6 is 0 Å². The molecule has 0 radical (unpaired) electrons. The fraction of sp³-hybridized carbons (Fsp3) is 0.941. The van der Waals surface area contributed by atoms with Gasteiger partial charge in [0, 0.05) is 6.04 Å². The van der Waals surface area contributed by atoms with Crippen LogP contribution in [0.25, 0.3) is 0 Å². The summed E-state index contributed by atoms with van der Waals surface area (Å²) in [5.74, 6) is 4.86. The highest BCUT2D eigenvalue weighted by Gasteiger charge is 2.69. The van der Waals surface area contributed by atoms with Crippen LogP contribution in [-0.4, -0.2) is 29.1 Å². The lowest BCUT2D eigenvalue weighted by atomic mass is 10.0. The molecule has 6 unspecified atom stereocenters. The molecule has 0 aromatic carbocycles. The number of carbonyl (C=O) groups is 1. The standard InChI is InChI=1S/C17H28N2O/c1-8(2)14-17(20)19(16(18-14)9(3)4)15-12-10-5-6-11(7-10)13(12)15/h8-16,18H,5-7H2,1-4H3. The van der Waals surface area contributed by atoms with Crippen LogP contribution in [0.5, 0.6) is 0 Å². The van der Waals surface area contributed by atoms with Gasteiger partial charge in [-0.3, -0.25) is 10.1 Å². The van der Waals surface area contributed by atoms with Crippen LogP contribution < -0.4 is 5.32 Å². The lowest BCUT2D eigenvalue weighted by Gasteiger charge is -2.29. The van der Waals surface area contributed by atoms with E-state index in [1.807, 2.05) is 0 Å². The Morgan fingerprint density at radius 1 is 1.05 bits per heavy atom. The number of amides is 1. The third kappa shape index (κ3) is 1.59. The van der Waals surface area contributed by atoms with Crippen LogP contribution in [0.2, 0.25) is 0 Å². The van der Waals surface area contributed by atoms with E-state index in [1.165, 1.54) is 19.3 Å². The normalized spacial score (nSPS) is 49.6. The highest BCUT2D eigenvalue weighted by atomic mass is 16.2. The predicted molar refractivity (Wildman–Crippen MR) is 78.8 cm³/mol. The summed E-state index contributed by atoms with van der Waals surface area (Å²) >= 11 is 0. The molecule has 6 atom stereocenters. The quantitative estimate of drug-likeness (QED) is 0.859. The van der Waals surface area contributed by atoms with Gasteiger partial charge in [-0.15, -0.1) is 0 Å². The van der Waals surface area contributed by atoms with Gasteiger partial charge < -0.3 is 4.90 Å². The van der Waals surface area contributed by atoms with Crippen LogP contribution in [0.4, 0.5) is 0 Å². The molecular weight excluding hydrogens is 248 g/mol. The summed E-state index contributed by atoms with van der Waals surface area (Å²) in [6.45, 7) is 8.81. The second kappa shape index (κ2) is 4.22. The molecule has 0 aromatic heterocycles. The molecule has 1 saturated heterocycles. The van der Waals surface area contributed by atoms with Gasteiger partial charge in [-0.25, -0.2) is 0 Å². The SMILES string of the molecule is CC(C)C1NC(C(C)C)N(C2C3C4CCC(C4)C32)C1=O. The minimum absolute atomic E-state index is 0.0429. The molecule has 3 aliphatic carbocycles. The maximum Gasteiger partial charge on any atom is 0.241 e. The number of hydrogen-bond acceptors (Lipinski definition) is 2. The van der Waals surface area contributed by atoms with Gasteiger partial charge in [-0.05, 0) is 54.8 Å². The Hall–Kier alpha value is -0.570. The zero-order valence-electron chi connectivity index (χ0n) is 13.2. The van der Waals surface area contributed by atoms with Gasteiger partial charge >= 0.3 is 0 Å². The van der Waals surface area contributed by atoms with E-state index in [-0.39, 0.29) is 12.2 Å². The van der Waals surface area contributed by atoms with Gasteiger partial charge in [0.15, 0.2) is 0 Å². The smallest absolute Gasteiger partial charge is 0.241 e. The van der Waals surface area contributed by atoms with Gasteiger partial charge in [0.25, 0.3) is 0 Å². The number of nitrogens with one attached hydrogen (secondary N) is 1. The maximum atomic E-state index is 12.9. The summed E-state index contributed by atoms with van der Waals surface area (Å²) in [7, 11) is 0. The molecule has 1 aliphatic heterocycles. The summed E-state index contributed by atoms with van der Waals surface area (Å²) in [6, 6.07) is 0.624. The van der Waals surface area contributed by atoms with Crippen molar-refractivity contribution in [3.8, 4) is 0 Å². The Kier molecular flexibility index (Phi) is 2.77. The van der Waals surface area contributed by atoms with Gasteiger partial charge in [-0.1, -0.05) is 27.7 Å². The molecule has 0 spiro atoms. The van der Waals surface area contributed by atoms with Crippen molar-refractivity contribution >= 4 is 5.91 Å². The van der Waals surface area contributed by atoms with Gasteiger partial charge in [0.1, 0.15) is 0 Å². The van der Waals surface area contributed by atoms with E-state index in [9.17, 15) is 4.79 Å². The van der Waals surface area contributed by atoms with Gasteiger partial charge in [-0.2, -0.15) is 0 Å². The monoisotopic (exact) mass is 276 g/mol. The van der Waals surface area contributed by atoms with E-state index >= 15 is 0 Å². The minimum atomic E-state index is 0.0429. The molecule has 4 rings (SSSR count). The topological polar surface area (TPSA) is 32.3 Å².